The third-order valence-electron chi connectivity index (χ3n) is 4.61. The molecule has 0 atom stereocenters. The summed E-state index contributed by atoms with van der Waals surface area (Å²) in [5.41, 5.74) is 6.97. The van der Waals surface area contributed by atoms with Crippen LogP contribution in [0.25, 0.3) is 0 Å². The van der Waals surface area contributed by atoms with Gasteiger partial charge in [-0.3, -0.25) is 4.79 Å². The summed E-state index contributed by atoms with van der Waals surface area (Å²) in [7, 11) is 0. The first-order valence-corrected chi connectivity index (χ1v) is 9.08. The van der Waals surface area contributed by atoms with E-state index in [0.29, 0.717) is 24.2 Å². The van der Waals surface area contributed by atoms with Gasteiger partial charge in [-0.05, 0) is 41.8 Å². The quantitative estimate of drug-likeness (QED) is 0.448. The third kappa shape index (κ3) is 4.08. The van der Waals surface area contributed by atoms with Crippen molar-refractivity contribution in [1.82, 2.24) is 5.32 Å². The van der Waals surface area contributed by atoms with Crippen LogP contribution >= 0.6 is 0 Å². The molecular formula is C23H24N2O2. The van der Waals surface area contributed by atoms with Crippen LogP contribution in [0.5, 0.6) is 0 Å². The van der Waals surface area contributed by atoms with Gasteiger partial charge in [-0.2, -0.15) is 0 Å². The summed E-state index contributed by atoms with van der Waals surface area (Å²) in [6, 6.07) is 26.2. The van der Waals surface area contributed by atoms with Gasteiger partial charge in [-0.15, -0.1) is 0 Å². The summed E-state index contributed by atoms with van der Waals surface area (Å²) in [4.78, 5) is 12.2. The largest absolute Gasteiger partial charge is 0.376 e. The average molecular weight is 360 g/mol. The highest BCUT2D eigenvalue weighted by Crippen LogP contribution is 2.36. The first-order chi connectivity index (χ1) is 13.2. The molecule has 0 saturated heterocycles. The van der Waals surface area contributed by atoms with Crippen molar-refractivity contribution in [3.63, 3.8) is 0 Å². The number of hydrogen-bond donors (Lipinski definition) is 3. The molecule has 0 aliphatic rings. The first-order valence-electron chi connectivity index (χ1n) is 9.08. The Balaban J connectivity index is 1.96. The maximum Gasteiger partial charge on any atom is 0.251 e. The molecule has 0 heterocycles. The van der Waals surface area contributed by atoms with Crippen LogP contribution in [0.4, 0.5) is 0 Å². The smallest absolute Gasteiger partial charge is 0.251 e. The van der Waals surface area contributed by atoms with E-state index in [1.54, 1.807) is 24.3 Å². The summed E-state index contributed by atoms with van der Waals surface area (Å²) in [6.07, 6.45) is 0.742. The zero-order valence-corrected chi connectivity index (χ0v) is 15.1. The van der Waals surface area contributed by atoms with Crippen LogP contribution in [-0.4, -0.2) is 24.1 Å². The fraction of sp³-hybridized carbons (Fsp3) is 0.174. The number of carbonyl (C=O) groups is 1. The van der Waals surface area contributed by atoms with Gasteiger partial charge in [0.05, 0.1) is 0 Å². The Morgan fingerprint density at radius 1 is 0.815 bits per heavy atom. The van der Waals surface area contributed by atoms with Gasteiger partial charge in [0.2, 0.25) is 0 Å². The molecule has 0 aliphatic carbocycles. The molecule has 3 aromatic rings. The molecule has 0 bridgehead atoms. The van der Waals surface area contributed by atoms with E-state index in [1.807, 2.05) is 60.7 Å². The molecule has 0 aliphatic heterocycles. The fourth-order valence-corrected chi connectivity index (χ4v) is 3.13. The van der Waals surface area contributed by atoms with E-state index in [2.05, 4.69) is 5.32 Å². The zero-order chi connectivity index (χ0) is 19.1. The van der Waals surface area contributed by atoms with Gasteiger partial charge in [0.25, 0.3) is 5.91 Å². The molecule has 27 heavy (non-hydrogen) atoms. The fourth-order valence-electron chi connectivity index (χ4n) is 3.13. The van der Waals surface area contributed by atoms with Crippen molar-refractivity contribution in [3.8, 4) is 0 Å². The number of amides is 1. The van der Waals surface area contributed by atoms with Crippen LogP contribution < -0.4 is 11.1 Å². The monoisotopic (exact) mass is 360 g/mol. The molecule has 0 radical (unpaired) electrons. The highest BCUT2D eigenvalue weighted by atomic mass is 16.3. The van der Waals surface area contributed by atoms with Gasteiger partial charge in [0.1, 0.15) is 5.60 Å². The van der Waals surface area contributed by atoms with Gasteiger partial charge in [0, 0.05) is 12.1 Å². The highest BCUT2D eigenvalue weighted by molar-refractivity contribution is 5.94. The van der Waals surface area contributed by atoms with Crippen LogP contribution in [0.3, 0.4) is 0 Å². The number of nitrogens with one attached hydrogen (secondary N) is 1. The molecule has 0 saturated carbocycles. The minimum atomic E-state index is -1.29. The summed E-state index contributed by atoms with van der Waals surface area (Å²) in [5.74, 6) is -0.141. The van der Waals surface area contributed by atoms with Crippen molar-refractivity contribution in [3.05, 3.63) is 107 Å². The maximum atomic E-state index is 12.2. The summed E-state index contributed by atoms with van der Waals surface area (Å²) < 4.78 is 0. The molecule has 4 N–H and O–H groups in total. The molecule has 1 amide bonds. The van der Waals surface area contributed by atoms with Crippen LogP contribution in [-0.2, 0) is 5.60 Å². The number of nitrogens with two attached hydrogens (primary N) is 1. The second kappa shape index (κ2) is 8.62. The topological polar surface area (TPSA) is 75.3 Å². The van der Waals surface area contributed by atoms with E-state index < -0.39 is 5.60 Å². The lowest BCUT2D eigenvalue weighted by Gasteiger charge is -2.30. The Bertz CT molecular complexity index is 822. The molecular weight excluding hydrogens is 336 g/mol. The lowest BCUT2D eigenvalue weighted by Crippen LogP contribution is -2.29. The second-order valence-corrected chi connectivity index (χ2v) is 6.42. The van der Waals surface area contributed by atoms with E-state index >= 15 is 0 Å². The summed E-state index contributed by atoms with van der Waals surface area (Å²) in [5, 5.41) is 14.6. The molecule has 138 valence electrons. The Labute approximate surface area is 159 Å². The van der Waals surface area contributed by atoms with Crippen molar-refractivity contribution in [2.45, 2.75) is 12.0 Å². The van der Waals surface area contributed by atoms with Gasteiger partial charge >= 0.3 is 0 Å². The van der Waals surface area contributed by atoms with Crippen LogP contribution in [0.1, 0.15) is 33.5 Å². The molecule has 3 rings (SSSR count). The molecule has 0 aromatic heterocycles. The van der Waals surface area contributed by atoms with Gasteiger partial charge < -0.3 is 16.2 Å². The van der Waals surface area contributed by atoms with E-state index in [4.69, 9.17) is 5.73 Å². The molecule has 0 unspecified atom stereocenters. The predicted molar refractivity (Wildman–Crippen MR) is 107 cm³/mol. The third-order valence-corrected chi connectivity index (χ3v) is 4.61. The predicted octanol–water partition coefficient (Wildman–Crippen LogP) is 3.05. The first kappa shape index (κ1) is 18.8. The Hall–Kier alpha value is -2.95. The second-order valence-electron chi connectivity index (χ2n) is 6.42. The number of hydrogen-bond acceptors (Lipinski definition) is 3. The minimum Gasteiger partial charge on any atom is -0.376 e. The summed E-state index contributed by atoms with van der Waals surface area (Å²) in [6.45, 7) is 1.09. The SMILES string of the molecule is NCCCNC(=O)c1ccc(C(O)(c2ccccc2)c2ccccc2)cc1. The molecule has 4 nitrogen and oxygen atoms in total. The number of carbonyl (C=O) groups excluding carboxylic acids is 1. The van der Waals surface area contributed by atoms with Crippen LogP contribution in [0, 0.1) is 0 Å². The normalized spacial score (nSPS) is 11.2. The van der Waals surface area contributed by atoms with Crippen LogP contribution in [0.2, 0.25) is 0 Å². The lowest BCUT2D eigenvalue weighted by atomic mass is 9.80. The van der Waals surface area contributed by atoms with Crippen molar-refractivity contribution in [2.24, 2.45) is 5.73 Å². The molecule has 3 aromatic carbocycles. The van der Waals surface area contributed by atoms with Gasteiger partial charge in [-0.1, -0.05) is 72.8 Å². The molecule has 4 heteroatoms. The van der Waals surface area contributed by atoms with Gasteiger partial charge in [-0.25, -0.2) is 0 Å². The average Bonchev–Trinajstić information content (AvgIpc) is 2.74. The van der Waals surface area contributed by atoms with Crippen molar-refractivity contribution >= 4 is 5.91 Å². The lowest BCUT2D eigenvalue weighted by molar-refractivity contribution is 0.0952. The van der Waals surface area contributed by atoms with Gasteiger partial charge in [0.15, 0.2) is 0 Å². The Morgan fingerprint density at radius 3 is 1.78 bits per heavy atom. The van der Waals surface area contributed by atoms with Crippen LogP contribution in [0.15, 0.2) is 84.9 Å². The van der Waals surface area contributed by atoms with Crippen molar-refractivity contribution in [1.29, 1.82) is 0 Å². The molecule has 0 fully saturated rings. The number of aliphatic hydroxyl groups is 1. The zero-order valence-electron chi connectivity index (χ0n) is 15.1. The standard InChI is InChI=1S/C23H24N2O2/c24-16-7-17-25-22(26)18-12-14-21(15-13-18)23(27,19-8-3-1-4-9-19)20-10-5-2-6-11-20/h1-6,8-15,27H,7,16-17,24H2,(H,25,26). The number of benzene rings is 3. The number of rotatable bonds is 7. The van der Waals surface area contributed by atoms with E-state index in [0.717, 1.165) is 17.5 Å². The maximum absolute atomic E-state index is 12.2. The minimum absolute atomic E-state index is 0.141. The Kier molecular flexibility index (Phi) is 6.01. The van der Waals surface area contributed by atoms with E-state index in [1.165, 1.54) is 0 Å². The van der Waals surface area contributed by atoms with Crippen molar-refractivity contribution < 1.29 is 9.90 Å². The van der Waals surface area contributed by atoms with E-state index in [9.17, 15) is 9.90 Å². The van der Waals surface area contributed by atoms with Crippen molar-refractivity contribution in [2.75, 3.05) is 13.1 Å². The Morgan fingerprint density at radius 2 is 1.30 bits per heavy atom. The molecule has 0 spiro atoms. The highest BCUT2D eigenvalue weighted by Gasteiger charge is 2.33. The van der Waals surface area contributed by atoms with E-state index in [-0.39, 0.29) is 5.91 Å². The summed E-state index contributed by atoms with van der Waals surface area (Å²) >= 11 is 0.